The summed E-state index contributed by atoms with van der Waals surface area (Å²) in [5, 5.41) is 0. The van der Waals surface area contributed by atoms with Gasteiger partial charge < -0.3 is 4.48 Å². The molecule has 0 amide bonds. The third kappa shape index (κ3) is 3.52. The summed E-state index contributed by atoms with van der Waals surface area (Å²) in [5.41, 5.74) is 0. The van der Waals surface area contributed by atoms with Gasteiger partial charge in [0, 0.05) is 0 Å². The molecule has 0 atom stereocenters. The SMILES string of the molecule is C[N+](C)(C)CCC1CC1. The first-order chi connectivity index (χ1) is 4.08. The first-order valence-corrected chi connectivity index (χ1v) is 3.88. The molecule has 0 saturated heterocycles. The Hall–Kier alpha value is -0.0400. The Morgan fingerprint density at radius 1 is 1.22 bits per heavy atom. The van der Waals surface area contributed by atoms with E-state index in [1.54, 1.807) is 0 Å². The quantitative estimate of drug-likeness (QED) is 0.505. The molecule has 1 nitrogen and oxygen atoms in total. The van der Waals surface area contributed by atoms with Crippen LogP contribution in [0.4, 0.5) is 0 Å². The van der Waals surface area contributed by atoms with Gasteiger partial charge in [-0.3, -0.25) is 0 Å². The largest absolute Gasteiger partial charge is 0.331 e. The first-order valence-electron chi connectivity index (χ1n) is 3.88. The molecule has 1 aliphatic rings. The van der Waals surface area contributed by atoms with Crippen molar-refractivity contribution < 1.29 is 4.48 Å². The number of hydrogen-bond acceptors (Lipinski definition) is 0. The molecule has 1 heteroatoms. The lowest BCUT2D eigenvalue weighted by Gasteiger charge is -2.23. The Morgan fingerprint density at radius 3 is 2.11 bits per heavy atom. The molecule has 0 aliphatic heterocycles. The Bertz CT molecular complexity index is 87.2. The van der Waals surface area contributed by atoms with Crippen LogP contribution < -0.4 is 0 Å². The van der Waals surface area contributed by atoms with Crippen molar-refractivity contribution in [2.75, 3.05) is 27.7 Å². The van der Waals surface area contributed by atoms with Crippen molar-refractivity contribution in [1.29, 1.82) is 0 Å². The van der Waals surface area contributed by atoms with Crippen LogP contribution in [0.2, 0.25) is 0 Å². The Balaban J connectivity index is 2.03. The summed E-state index contributed by atoms with van der Waals surface area (Å²) in [7, 11) is 6.80. The molecule has 1 saturated carbocycles. The summed E-state index contributed by atoms with van der Waals surface area (Å²) >= 11 is 0. The minimum Gasteiger partial charge on any atom is -0.331 e. The fourth-order valence-corrected chi connectivity index (χ4v) is 0.976. The highest BCUT2D eigenvalue weighted by molar-refractivity contribution is 4.72. The summed E-state index contributed by atoms with van der Waals surface area (Å²) in [6, 6.07) is 0. The van der Waals surface area contributed by atoms with Crippen LogP contribution in [0.25, 0.3) is 0 Å². The van der Waals surface area contributed by atoms with Gasteiger partial charge in [-0.15, -0.1) is 0 Å². The van der Waals surface area contributed by atoms with Gasteiger partial charge in [-0.1, -0.05) is 0 Å². The fraction of sp³-hybridized carbons (Fsp3) is 1.00. The predicted molar refractivity (Wildman–Crippen MR) is 40.2 cm³/mol. The monoisotopic (exact) mass is 128 g/mol. The summed E-state index contributed by atoms with van der Waals surface area (Å²) in [5.74, 6) is 1.10. The van der Waals surface area contributed by atoms with E-state index in [2.05, 4.69) is 21.1 Å². The smallest absolute Gasteiger partial charge is 0.0783 e. The molecule has 1 aliphatic carbocycles. The molecule has 0 N–H and O–H groups in total. The summed E-state index contributed by atoms with van der Waals surface area (Å²) in [6.45, 7) is 1.35. The molecule has 0 aromatic carbocycles. The second-order valence-corrected chi connectivity index (χ2v) is 4.25. The highest BCUT2D eigenvalue weighted by Crippen LogP contribution is 2.32. The second-order valence-electron chi connectivity index (χ2n) is 4.25. The van der Waals surface area contributed by atoms with Crippen LogP contribution in [-0.2, 0) is 0 Å². The van der Waals surface area contributed by atoms with E-state index in [0.717, 1.165) is 10.4 Å². The zero-order chi connectivity index (χ0) is 6.91. The van der Waals surface area contributed by atoms with Crippen molar-refractivity contribution in [3.05, 3.63) is 0 Å². The predicted octanol–water partition coefficient (Wildman–Crippen LogP) is 1.49. The van der Waals surface area contributed by atoms with E-state index in [0.29, 0.717) is 0 Å². The van der Waals surface area contributed by atoms with Crippen LogP contribution in [0.1, 0.15) is 19.3 Å². The van der Waals surface area contributed by atoms with E-state index in [-0.39, 0.29) is 0 Å². The van der Waals surface area contributed by atoms with Gasteiger partial charge in [-0.25, -0.2) is 0 Å². The van der Waals surface area contributed by atoms with Gasteiger partial charge >= 0.3 is 0 Å². The van der Waals surface area contributed by atoms with Gasteiger partial charge in [-0.05, 0) is 25.2 Å². The van der Waals surface area contributed by atoms with E-state index in [4.69, 9.17) is 0 Å². The van der Waals surface area contributed by atoms with Crippen molar-refractivity contribution in [3.63, 3.8) is 0 Å². The zero-order valence-electron chi connectivity index (χ0n) is 6.85. The van der Waals surface area contributed by atoms with E-state index in [9.17, 15) is 0 Å². The Labute approximate surface area is 58.3 Å². The van der Waals surface area contributed by atoms with Gasteiger partial charge in [0.2, 0.25) is 0 Å². The van der Waals surface area contributed by atoms with Crippen molar-refractivity contribution in [3.8, 4) is 0 Å². The number of quaternary nitrogens is 1. The molecule has 9 heavy (non-hydrogen) atoms. The Morgan fingerprint density at radius 2 is 1.78 bits per heavy atom. The summed E-state index contributed by atoms with van der Waals surface area (Å²) in [6.07, 6.45) is 4.45. The summed E-state index contributed by atoms with van der Waals surface area (Å²) < 4.78 is 1.14. The minimum atomic E-state index is 1.10. The fourth-order valence-electron chi connectivity index (χ4n) is 0.976. The maximum Gasteiger partial charge on any atom is 0.0783 e. The molecule has 1 rings (SSSR count). The van der Waals surface area contributed by atoms with Gasteiger partial charge in [0.15, 0.2) is 0 Å². The van der Waals surface area contributed by atoms with Gasteiger partial charge in [0.05, 0.1) is 27.7 Å². The highest BCUT2D eigenvalue weighted by Gasteiger charge is 2.23. The van der Waals surface area contributed by atoms with Crippen LogP contribution in [0.5, 0.6) is 0 Å². The number of nitrogens with zero attached hydrogens (tertiary/aromatic N) is 1. The van der Waals surface area contributed by atoms with Crippen LogP contribution >= 0.6 is 0 Å². The molecule has 1 fully saturated rings. The first kappa shape index (κ1) is 7.07. The van der Waals surface area contributed by atoms with Gasteiger partial charge in [0.1, 0.15) is 0 Å². The van der Waals surface area contributed by atoms with Crippen molar-refractivity contribution in [2.24, 2.45) is 5.92 Å². The van der Waals surface area contributed by atoms with E-state index in [1.807, 2.05) is 0 Å². The van der Waals surface area contributed by atoms with Gasteiger partial charge in [-0.2, -0.15) is 0 Å². The molecular weight excluding hydrogens is 110 g/mol. The average Bonchev–Trinajstić information content (AvgIpc) is 2.38. The highest BCUT2D eigenvalue weighted by atomic mass is 15.3. The molecule has 0 bridgehead atoms. The average molecular weight is 128 g/mol. The van der Waals surface area contributed by atoms with Crippen molar-refractivity contribution >= 4 is 0 Å². The maximum absolute atomic E-state index is 2.27. The second kappa shape index (κ2) is 2.30. The van der Waals surface area contributed by atoms with E-state index >= 15 is 0 Å². The van der Waals surface area contributed by atoms with Crippen molar-refractivity contribution in [1.82, 2.24) is 0 Å². The maximum atomic E-state index is 2.27. The molecule has 0 radical (unpaired) electrons. The van der Waals surface area contributed by atoms with Crippen molar-refractivity contribution in [2.45, 2.75) is 19.3 Å². The minimum absolute atomic E-state index is 1.10. The third-order valence-electron chi connectivity index (χ3n) is 1.91. The van der Waals surface area contributed by atoms with Crippen LogP contribution in [0.3, 0.4) is 0 Å². The number of hydrogen-bond donors (Lipinski definition) is 0. The molecule has 0 aromatic rings. The molecule has 54 valence electrons. The third-order valence-corrected chi connectivity index (χ3v) is 1.91. The van der Waals surface area contributed by atoms with Crippen LogP contribution in [-0.4, -0.2) is 32.2 Å². The number of rotatable bonds is 3. The van der Waals surface area contributed by atoms with Gasteiger partial charge in [0.25, 0.3) is 0 Å². The lowest BCUT2D eigenvalue weighted by atomic mass is 10.3. The van der Waals surface area contributed by atoms with E-state index < -0.39 is 0 Å². The standard InChI is InChI=1S/C8H18N/c1-9(2,3)7-6-8-4-5-8/h8H,4-7H2,1-3H3/q+1. The zero-order valence-corrected chi connectivity index (χ0v) is 6.85. The lowest BCUT2D eigenvalue weighted by molar-refractivity contribution is -0.870. The Kier molecular flexibility index (Phi) is 1.80. The molecule has 0 heterocycles. The lowest BCUT2D eigenvalue weighted by Crippen LogP contribution is -2.35. The van der Waals surface area contributed by atoms with Crippen LogP contribution in [0.15, 0.2) is 0 Å². The van der Waals surface area contributed by atoms with E-state index in [1.165, 1.54) is 25.8 Å². The molecule has 0 spiro atoms. The topological polar surface area (TPSA) is 0 Å². The van der Waals surface area contributed by atoms with Crippen LogP contribution in [0, 0.1) is 5.92 Å². The molecule has 0 unspecified atom stereocenters. The normalized spacial score (nSPS) is 20.3. The molecular formula is C8H18N+. The summed E-state index contributed by atoms with van der Waals surface area (Å²) in [4.78, 5) is 0. The molecule has 0 aromatic heterocycles.